The number of alkyl halides is 3. The topological polar surface area (TPSA) is 49.8 Å². The number of aromatic nitrogens is 2. The van der Waals surface area contributed by atoms with Gasteiger partial charge in [-0.2, -0.15) is 13.2 Å². The fraction of sp³-hybridized carbons (Fsp3) is 0.231. The van der Waals surface area contributed by atoms with Crippen molar-refractivity contribution in [2.75, 3.05) is 5.32 Å². The first-order valence-corrected chi connectivity index (χ1v) is 6.02. The average molecular weight is 280 g/mol. The first-order valence-electron chi connectivity index (χ1n) is 6.02. The van der Waals surface area contributed by atoms with Gasteiger partial charge in [-0.05, 0) is 24.3 Å². The summed E-state index contributed by atoms with van der Waals surface area (Å²) < 4.78 is 37.3. The molecule has 104 valence electrons. The second kappa shape index (κ2) is 4.75. The lowest BCUT2D eigenvalue weighted by Crippen LogP contribution is -2.05. The smallest absolute Gasteiger partial charge is 0.324 e. The Kier molecular flexibility index (Phi) is 3.06. The van der Waals surface area contributed by atoms with Crippen LogP contribution in [0.15, 0.2) is 30.5 Å². The van der Waals surface area contributed by atoms with E-state index in [-0.39, 0.29) is 0 Å². The van der Waals surface area contributed by atoms with Crippen LogP contribution >= 0.6 is 0 Å². The van der Waals surface area contributed by atoms with Crippen LogP contribution in [0.2, 0.25) is 0 Å². The van der Waals surface area contributed by atoms with E-state index in [0.717, 1.165) is 29.9 Å². The highest BCUT2D eigenvalue weighted by Gasteiger charge is 2.29. The predicted molar refractivity (Wildman–Crippen MR) is 67.3 cm³/mol. The highest BCUT2D eigenvalue weighted by atomic mass is 19.4. The lowest BCUT2D eigenvalue weighted by atomic mass is 10.2. The van der Waals surface area contributed by atoms with Gasteiger partial charge in [-0.15, -0.1) is 0 Å². The molecule has 0 spiro atoms. The Morgan fingerprint density at radius 2 is 1.85 bits per heavy atom. The number of nitrogens with zero attached hydrogens (tertiary/aromatic N) is 2. The average Bonchev–Trinajstić information content (AvgIpc) is 2.86. The van der Waals surface area contributed by atoms with Crippen molar-refractivity contribution in [1.29, 1.82) is 0 Å². The fourth-order valence-electron chi connectivity index (χ4n) is 1.99. The number of halogens is 3. The molecule has 1 aliphatic heterocycles. The van der Waals surface area contributed by atoms with Crippen molar-refractivity contribution in [1.82, 2.24) is 15.3 Å². The zero-order valence-corrected chi connectivity index (χ0v) is 10.3. The van der Waals surface area contributed by atoms with Crippen molar-refractivity contribution in [2.24, 2.45) is 0 Å². The molecule has 4 nitrogen and oxygen atoms in total. The molecule has 1 aliphatic rings. The lowest BCUT2D eigenvalue weighted by molar-refractivity contribution is -0.137. The molecule has 2 N–H and O–H groups in total. The standard InChI is InChI=1S/C13H11F3N4/c14-13(15,16)9-1-3-10(4-2-9)19-12-18-6-8-5-17-7-11(8)20-12/h1-4,6,17H,5,7H2,(H,18,19,20). The van der Waals surface area contributed by atoms with Crippen LogP contribution in [0.5, 0.6) is 0 Å². The van der Waals surface area contributed by atoms with E-state index in [1.54, 1.807) is 6.20 Å². The second-order valence-corrected chi connectivity index (χ2v) is 4.47. The molecule has 0 fully saturated rings. The molecule has 0 aliphatic carbocycles. The van der Waals surface area contributed by atoms with Crippen molar-refractivity contribution in [3.8, 4) is 0 Å². The summed E-state index contributed by atoms with van der Waals surface area (Å²) in [6.07, 6.45) is -2.61. The molecule has 0 atom stereocenters. The Labute approximate surface area is 113 Å². The summed E-state index contributed by atoms with van der Waals surface area (Å²) in [5, 5.41) is 6.04. The predicted octanol–water partition coefficient (Wildman–Crippen LogP) is 2.84. The van der Waals surface area contributed by atoms with Crippen LogP contribution in [0.4, 0.5) is 24.8 Å². The number of anilines is 2. The van der Waals surface area contributed by atoms with Gasteiger partial charge in [0.15, 0.2) is 0 Å². The Hall–Kier alpha value is -2.15. The number of rotatable bonds is 2. The maximum Gasteiger partial charge on any atom is 0.416 e. The van der Waals surface area contributed by atoms with Crippen LogP contribution in [0, 0.1) is 0 Å². The zero-order chi connectivity index (χ0) is 14.2. The summed E-state index contributed by atoms with van der Waals surface area (Å²) in [6, 6.07) is 4.77. The van der Waals surface area contributed by atoms with Crippen LogP contribution in [-0.2, 0) is 19.3 Å². The molecule has 0 unspecified atom stereocenters. The second-order valence-electron chi connectivity index (χ2n) is 4.47. The highest BCUT2D eigenvalue weighted by Crippen LogP contribution is 2.30. The van der Waals surface area contributed by atoms with Crippen molar-refractivity contribution in [3.05, 3.63) is 47.3 Å². The van der Waals surface area contributed by atoms with Crippen LogP contribution < -0.4 is 10.6 Å². The van der Waals surface area contributed by atoms with Gasteiger partial charge in [0.05, 0.1) is 11.3 Å². The zero-order valence-electron chi connectivity index (χ0n) is 10.3. The van der Waals surface area contributed by atoms with Gasteiger partial charge < -0.3 is 10.6 Å². The minimum absolute atomic E-state index is 0.382. The molecule has 0 amide bonds. The lowest BCUT2D eigenvalue weighted by Gasteiger charge is -2.09. The van der Waals surface area contributed by atoms with Crippen molar-refractivity contribution < 1.29 is 13.2 Å². The summed E-state index contributed by atoms with van der Waals surface area (Å²) in [5.74, 6) is 0.382. The first kappa shape index (κ1) is 12.9. The molecule has 1 aromatic heterocycles. The maximum absolute atomic E-state index is 12.4. The van der Waals surface area contributed by atoms with E-state index >= 15 is 0 Å². The van der Waals surface area contributed by atoms with E-state index < -0.39 is 11.7 Å². The largest absolute Gasteiger partial charge is 0.416 e. The SMILES string of the molecule is FC(F)(F)c1ccc(Nc2ncc3c(n2)CNC3)cc1. The van der Waals surface area contributed by atoms with Crippen LogP contribution in [0.25, 0.3) is 0 Å². The summed E-state index contributed by atoms with van der Waals surface area (Å²) >= 11 is 0. The van der Waals surface area contributed by atoms with Gasteiger partial charge in [0.25, 0.3) is 0 Å². The van der Waals surface area contributed by atoms with Gasteiger partial charge in [-0.1, -0.05) is 0 Å². The van der Waals surface area contributed by atoms with Gasteiger partial charge in [0, 0.05) is 30.5 Å². The Morgan fingerprint density at radius 1 is 1.10 bits per heavy atom. The Morgan fingerprint density at radius 3 is 2.55 bits per heavy atom. The van der Waals surface area contributed by atoms with Crippen molar-refractivity contribution in [2.45, 2.75) is 19.3 Å². The van der Waals surface area contributed by atoms with E-state index in [0.29, 0.717) is 18.2 Å². The summed E-state index contributed by atoms with van der Waals surface area (Å²) in [4.78, 5) is 8.45. The third-order valence-electron chi connectivity index (χ3n) is 3.03. The minimum Gasteiger partial charge on any atom is -0.324 e. The van der Waals surface area contributed by atoms with E-state index in [9.17, 15) is 13.2 Å². The molecule has 0 saturated heterocycles. The molecule has 2 heterocycles. The molecular formula is C13H11F3N4. The monoisotopic (exact) mass is 280 g/mol. The van der Waals surface area contributed by atoms with Gasteiger partial charge in [0.1, 0.15) is 0 Å². The molecule has 0 bridgehead atoms. The molecule has 7 heteroatoms. The summed E-state index contributed by atoms with van der Waals surface area (Å²) in [7, 11) is 0. The Balaban J connectivity index is 1.78. The van der Waals surface area contributed by atoms with Gasteiger partial charge in [-0.3, -0.25) is 0 Å². The molecule has 20 heavy (non-hydrogen) atoms. The summed E-state index contributed by atoms with van der Waals surface area (Å²) in [6.45, 7) is 1.43. The summed E-state index contributed by atoms with van der Waals surface area (Å²) in [5.41, 5.74) is 1.79. The normalized spacial score (nSPS) is 14.2. The van der Waals surface area contributed by atoms with Crippen LogP contribution in [0.3, 0.4) is 0 Å². The molecular weight excluding hydrogens is 269 g/mol. The fourth-order valence-corrected chi connectivity index (χ4v) is 1.99. The highest BCUT2D eigenvalue weighted by molar-refractivity contribution is 5.54. The van der Waals surface area contributed by atoms with E-state index in [1.807, 2.05) is 0 Å². The third kappa shape index (κ3) is 2.57. The molecule has 3 rings (SSSR count). The molecule has 0 saturated carbocycles. The van der Waals surface area contributed by atoms with Crippen LogP contribution in [0.1, 0.15) is 16.8 Å². The van der Waals surface area contributed by atoms with Gasteiger partial charge >= 0.3 is 6.18 Å². The number of benzene rings is 1. The van der Waals surface area contributed by atoms with Crippen LogP contribution in [-0.4, -0.2) is 9.97 Å². The number of hydrogen-bond donors (Lipinski definition) is 2. The third-order valence-corrected chi connectivity index (χ3v) is 3.03. The first-order chi connectivity index (χ1) is 9.52. The van der Waals surface area contributed by atoms with Crippen molar-refractivity contribution >= 4 is 11.6 Å². The molecule has 1 aromatic carbocycles. The Bertz CT molecular complexity index is 623. The van der Waals surface area contributed by atoms with Crippen molar-refractivity contribution in [3.63, 3.8) is 0 Å². The quantitative estimate of drug-likeness (QED) is 0.888. The number of fused-ring (bicyclic) bond motifs is 1. The number of hydrogen-bond acceptors (Lipinski definition) is 4. The molecule has 2 aromatic rings. The van der Waals surface area contributed by atoms with E-state index in [2.05, 4.69) is 20.6 Å². The number of nitrogens with one attached hydrogen (secondary N) is 2. The minimum atomic E-state index is -4.33. The maximum atomic E-state index is 12.4. The van der Waals surface area contributed by atoms with Gasteiger partial charge in [-0.25, -0.2) is 9.97 Å². The van der Waals surface area contributed by atoms with Gasteiger partial charge in [0.2, 0.25) is 5.95 Å². The molecule has 0 radical (unpaired) electrons. The van der Waals surface area contributed by atoms with E-state index in [1.165, 1.54) is 12.1 Å². The van der Waals surface area contributed by atoms with E-state index in [4.69, 9.17) is 0 Å².